The highest BCUT2D eigenvalue weighted by Crippen LogP contribution is 2.80. The van der Waals surface area contributed by atoms with Gasteiger partial charge in [0.25, 0.3) is 0 Å². The van der Waals surface area contributed by atoms with Crippen molar-refractivity contribution in [3.63, 3.8) is 0 Å². The van der Waals surface area contributed by atoms with Crippen LogP contribution in [-0.4, -0.2) is 34.6 Å². The number of rotatable bonds is 0. The summed E-state index contributed by atoms with van der Waals surface area (Å²) in [5.41, 5.74) is 0.714. The van der Waals surface area contributed by atoms with Crippen molar-refractivity contribution in [3.8, 4) is 0 Å². The van der Waals surface area contributed by atoms with Crippen LogP contribution < -0.4 is 0 Å². The van der Waals surface area contributed by atoms with Crippen molar-refractivity contribution < 1.29 is 14.9 Å². The molecule has 10 unspecified atom stereocenters. The Bertz CT molecular complexity index is 849. The van der Waals surface area contributed by atoms with Gasteiger partial charge in [0.05, 0.1) is 24.4 Å². The minimum absolute atomic E-state index is 0.00370. The van der Waals surface area contributed by atoms with Crippen LogP contribution in [-0.2, 0) is 4.74 Å². The molecule has 3 nitrogen and oxygen atoms in total. The molecule has 1 aliphatic heterocycles. The maximum absolute atomic E-state index is 11.9. The first-order chi connectivity index (χ1) is 15.2. The Morgan fingerprint density at radius 1 is 0.667 bits per heavy atom. The maximum atomic E-state index is 11.9. The highest BCUT2D eigenvalue weighted by atomic mass is 16.5. The number of ether oxygens (including phenoxy) is 1. The van der Waals surface area contributed by atoms with Gasteiger partial charge in [0, 0.05) is 10.8 Å². The number of fused-ring (bicyclic) bond motifs is 4. The van der Waals surface area contributed by atoms with E-state index in [0.29, 0.717) is 23.2 Å². The summed E-state index contributed by atoms with van der Waals surface area (Å²) >= 11 is 0. The lowest BCUT2D eigenvalue weighted by atomic mass is 9.30. The SMILES string of the molecule is CC1(C)CCC23COC4(CCC5C6(C)CCC(O)C(C)(C)C6CCC5(C)C4(C)CC2O)C3C1. The van der Waals surface area contributed by atoms with Crippen LogP contribution in [0.3, 0.4) is 0 Å². The largest absolute Gasteiger partial charge is 0.393 e. The van der Waals surface area contributed by atoms with Gasteiger partial charge in [-0.15, -0.1) is 0 Å². The third-order valence-electron chi connectivity index (χ3n) is 14.2. The molecule has 0 aromatic heterocycles. The van der Waals surface area contributed by atoms with Crippen molar-refractivity contribution >= 4 is 0 Å². The molecule has 188 valence electrons. The number of aliphatic hydroxyl groups is 2. The summed E-state index contributed by atoms with van der Waals surface area (Å²) in [6.07, 6.45) is 11.0. The molecule has 2 bridgehead atoms. The molecule has 1 spiro atoms. The van der Waals surface area contributed by atoms with E-state index in [1.54, 1.807) is 0 Å². The Balaban J connectivity index is 1.45. The Morgan fingerprint density at radius 2 is 1.36 bits per heavy atom. The fourth-order valence-corrected chi connectivity index (χ4v) is 12.0. The van der Waals surface area contributed by atoms with E-state index in [-0.39, 0.29) is 44.9 Å². The summed E-state index contributed by atoms with van der Waals surface area (Å²) in [5, 5.41) is 22.8. The van der Waals surface area contributed by atoms with E-state index in [2.05, 4.69) is 48.5 Å². The number of aliphatic hydroxyl groups excluding tert-OH is 2. The second-order valence-corrected chi connectivity index (χ2v) is 15.9. The Hall–Kier alpha value is -0.120. The van der Waals surface area contributed by atoms with Crippen LogP contribution in [0.25, 0.3) is 0 Å². The quantitative estimate of drug-likeness (QED) is 0.444. The van der Waals surface area contributed by atoms with Crippen LogP contribution in [0, 0.1) is 50.2 Å². The lowest BCUT2D eigenvalue weighted by molar-refractivity contribution is -0.298. The van der Waals surface area contributed by atoms with Crippen molar-refractivity contribution in [2.45, 2.75) is 130 Å². The van der Waals surface area contributed by atoms with Gasteiger partial charge in [0.2, 0.25) is 0 Å². The Morgan fingerprint density at radius 3 is 2.09 bits per heavy atom. The van der Waals surface area contributed by atoms with Gasteiger partial charge in [0.1, 0.15) is 0 Å². The average molecular weight is 459 g/mol. The van der Waals surface area contributed by atoms with Crippen LogP contribution in [0.4, 0.5) is 0 Å². The van der Waals surface area contributed by atoms with E-state index in [1.807, 2.05) is 0 Å². The highest BCUT2D eigenvalue weighted by molar-refractivity contribution is 5.28. The van der Waals surface area contributed by atoms with E-state index in [9.17, 15) is 10.2 Å². The zero-order valence-electron chi connectivity index (χ0n) is 22.5. The minimum atomic E-state index is -0.232. The number of hydrogen-bond acceptors (Lipinski definition) is 3. The molecule has 5 saturated carbocycles. The molecular weight excluding hydrogens is 408 g/mol. The van der Waals surface area contributed by atoms with Gasteiger partial charge in [-0.25, -0.2) is 0 Å². The average Bonchev–Trinajstić information content (AvgIpc) is 2.99. The van der Waals surface area contributed by atoms with Gasteiger partial charge in [0.15, 0.2) is 0 Å². The predicted molar refractivity (Wildman–Crippen MR) is 132 cm³/mol. The highest BCUT2D eigenvalue weighted by Gasteiger charge is 2.79. The summed E-state index contributed by atoms with van der Waals surface area (Å²) in [6.45, 7) is 18.1. The molecule has 6 aliphatic rings. The summed E-state index contributed by atoms with van der Waals surface area (Å²) in [4.78, 5) is 0. The van der Waals surface area contributed by atoms with Crippen LogP contribution in [0.15, 0.2) is 0 Å². The molecule has 33 heavy (non-hydrogen) atoms. The molecule has 0 aromatic rings. The molecule has 3 heteroatoms. The van der Waals surface area contributed by atoms with Gasteiger partial charge in [-0.2, -0.15) is 0 Å². The normalized spacial score (nSPS) is 60.8. The van der Waals surface area contributed by atoms with Gasteiger partial charge in [-0.05, 0) is 104 Å². The Labute approximate surface area is 202 Å². The van der Waals surface area contributed by atoms with Crippen molar-refractivity contribution in [1.82, 2.24) is 0 Å². The second kappa shape index (κ2) is 6.41. The molecule has 2 N–H and O–H groups in total. The standard InChI is InChI=1S/C30H50O3/c1-24(2)14-15-29-18-33-30(21(29)16-24)13-9-20-26(5)11-10-22(31)25(3,4)19(26)8-12-27(20,6)28(30,7)17-23(29)32/h19-23,31-32H,8-18H2,1-7H3. The lowest BCUT2D eigenvalue weighted by Crippen LogP contribution is -2.73. The monoisotopic (exact) mass is 458 g/mol. The number of hydrogen-bond donors (Lipinski definition) is 2. The van der Waals surface area contributed by atoms with Crippen LogP contribution in [0.1, 0.15) is 113 Å². The predicted octanol–water partition coefficient (Wildman–Crippen LogP) is 6.35. The van der Waals surface area contributed by atoms with Crippen LogP contribution >= 0.6 is 0 Å². The molecule has 6 fully saturated rings. The maximum Gasteiger partial charge on any atom is 0.0777 e. The van der Waals surface area contributed by atoms with Gasteiger partial charge < -0.3 is 14.9 Å². The third-order valence-corrected chi connectivity index (χ3v) is 14.2. The molecule has 1 saturated heterocycles. The molecule has 10 atom stereocenters. The fourth-order valence-electron chi connectivity index (χ4n) is 12.0. The summed E-state index contributed by atoms with van der Waals surface area (Å²) in [5.74, 6) is 1.72. The van der Waals surface area contributed by atoms with Crippen LogP contribution in [0.5, 0.6) is 0 Å². The van der Waals surface area contributed by atoms with Crippen molar-refractivity contribution in [2.75, 3.05) is 6.61 Å². The molecular formula is C30H50O3. The minimum Gasteiger partial charge on any atom is -0.393 e. The molecule has 0 aromatic carbocycles. The van der Waals surface area contributed by atoms with Crippen molar-refractivity contribution in [3.05, 3.63) is 0 Å². The molecule has 1 heterocycles. The first kappa shape index (κ1) is 23.3. The zero-order chi connectivity index (χ0) is 23.9. The zero-order valence-corrected chi connectivity index (χ0v) is 22.5. The van der Waals surface area contributed by atoms with Crippen molar-refractivity contribution in [1.29, 1.82) is 0 Å². The topological polar surface area (TPSA) is 49.7 Å². The van der Waals surface area contributed by atoms with E-state index < -0.39 is 0 Å². The first-order valence-electron chi connectivity index (χ1n) is 14.2. The van der Waals surface area contributed by atoms with E-state index >= 15 is 0 Å². The smallest absolute Gasteiger partial charge is 0.0777 e. The van der Waals surface area contributed by atoms with Crippen LogP contribution in [0.2, 0.25) is 0 Å². The third kappa shape index (κ3) is 2.45. The molecule has 5 aliphatic carbocycles. The van der Waals surface area contributed by atoms with E-state index in [0.717, 1.165) is 32.3 Å². The summed E-state index contributed by atoms with van der Waals surface area (Å²) < 4.78 is 7.11. The van der Waals surface area contributed by atoms with E-state index in [4.69, 9.17) is 4.74 Å². The lowest BCUT2D eigenvalue weighted by Gasteiger charge is -2.75. The van der Waals surface area contributed by atoms with E-state index in [1.165, 1.54) is 38.5 Å². The fraction of sp³-hybridized carbons (Fsp3) is 1.00. The summed E-state index contributed by atoms with van der Waals surface area (Å²) in [7, 11) is 0. The first-order valence-corrected chi connectivity index (χ1v) is 14.2. The Kier molecular flexibility index (Phi) is 4.52. The summed E-state index contributed by atoms with van der Waals surface area (Å²) in [6, 6.07) is 0. The van der Waals surface area contributed by atoms with Gasteiger partial charge in [-0.3, -0.25) is 0 Å². The second-order valence-electron chi connectivity index (χ2n) is 15.9. The molecule has 0 amide bonds. The van der Waals surface area contributed by atoms with Crippen molar-refractivity contribution in [2.24, 2.45) is 50.2 Å². The van der Waals surface area contributed by atoms with Gasteiger partial charge >= 0.3 is 0 Å². The molecule has 0 radical (unpaired) electrons. The van der Waals surface area contributed by atoms with Gasteiger partial charge in [-0.1, -0.05) is 48.5 Å². The molecule has 6 rings (SSSR count).